The first-order valence-electron chi connectivity index (χ1n) is 8.64. The number of thiophene rings is 1. The van der Waals surface area contributed by atoms with E-state index in [1.165, 1.54) is 16.9 Å². The largest absolute Gasteiger partial charge is 0.355 e. The van der Waals surface area contributed by atoms with E-state index in [9.17, 15) is 8.42 Å². The van der Waals surface area contributed by atoms with Crippen LogP contribution in [0.4, 0.5) is 0 Å². The summed E-state index contributed by atoms with van der Waals surface area (Å²) in [6.07, 6.45) is 1.09. The molecular formula is C18H25IN4O2S2. The number of nitrogens with zero attached hydrogens (tertiary/aromatic N) is 2. The summed E-state index contributed by atoms with van der Waals surface area (Å²) in [6.45, 7) is 2.67. The average molecular weight is 520 g/mol. The fourth-order valence-electron chi connectivity index (χ4n) is 3.13. The Morgan fingerprint density at radius 3 is 2.67 bits per heavy atom. The van der Waals surface area contributed by atoms with Crippen LogP contribution in [-0.2, 0) is 10.0 Å². The lowest BCUT2D eigenvalue weighted by Crippen LogP contribution is -2.43. The third-order valence-corrected chi connectivity index (χ3v) is 7.29. The molecule has 1 saturated heterocycles. The Bertz CT molecular complexity index is 826. The summed E-state index contributed by atoms with van der Waals surface area (Å²) in [5.41, 5.74) is 1.36. The van der Waals surface area contributed by atoms with Crippen molar-refractivity contribution in [2.75, 3.05) is 33.2 Å². The van der Waals surface area contributed by atoms with Crippen molar-refractivity contribution >= 4 is 51.3 Å². The van der Waals surface area contributed by atoms with Gasteiger partial charge >= 0.3 is 0 Å². The standard InChI is InChI=1S/C18H24N4O2S2.HI/c1-19-18(20-10-11-21-26(23,24)17-8-5-13-25-17)22-12-9-16(14-22)15-6-3-2-4-7-15;/h2-8,13,16,21H,9-12,14H2,1H3,(H,19,20);1H. The third kappa shape index (κ3) is 5.90. The van der Waals surface area contributed by atoms with E-state index in [0.717, 1.165) is 25.5 Å². The maximum absolute atomic E-state index is 12.1. The molecule has 2 aromatic rings. The highest BCUT2D eigenvalue weighted by molar-refractivity contribution is 14.0. The number of hydrogen-bond donors (Lipinski definition) is 2. The monoisotopic (exact) mass is 520 g/mol. The van der Waals surface area contributed by atoms with Gasteiger partial charge < -0.3 is 10.2 Å². The second-order valence-corrected chi connectivity index (χ2v) is 9.09. The van der Waals surface area contributed by atoms with Gasteiger partial charge in [0.2, 0.25) is 10.0 Å². The lowest BCUT2D eigenvalue weighted by atomic mass is 9.99. The van der Waals surface area contributed by atoms with Gasteiger partial charge in [-0.1, -0.05) is 36.4 Å². The van der Waals surface area contributed by atoms with Crippen molar-refractivity contribution < 1.29 is 8.42 Å². The molecule has 1 aromatic carbocycles. The van der Waals surface area contributed by atoms with Gasteiger partial charge in [-0.25, -0.2) is 13.1 Å². The predicted octanol–water partition coefficient (Wildman–Crippen LogP) is 2.71. The van der Waals surface area contributed by atoms with Crippen molar-refractivity contribution in [2.24, 2.45) is 4.99 Å². The zero-order chi connectivity index (χ0) is 18.4. The summed E-state index contributed by atoms with van der Waals surface area (Å²) >= 11 is 1.21. The van der Waals surface area contributed by atoms with Crippen molar-refractivity contribution in [2.45, 2.75) is 16.5 Å². The highest BCUT2D eigenvalue weighted by Gasteiger charge is 2.25. The summed E-state index contributed by atoms with van der Waals surface area (Å²) in [7, 11) is -1.65. The Balaban J connectivity index is 0.00000261. The minimum Gasteiger partial charge on any atom is -0.355 e. The highest BCUT2D eigenvalue weighted by atomic mass is 127. The SMILES string of the molecule is CN=C(NCCNS(=O)(=O)c1cccs1)N1CCC(c2ccccc2)C1.I. The van der Waals surface area contributed by atoms with Gasteiger partial charge in [0.05, 0.1) is 0 Å². The minimum absolute atomic E-state index is 0. The van der Waals surface area contributed by atoms with Gasteiger partial charge in [-0.15, -0.1) is 35.3 Å². The number of nitrogens with one attached hydrogen (secondary N) is 2. The Morgan fingerprint density at radius 1 is 1.22 bits per heavy atom. The molecule has 0 aliphatic carbocycles. The molecule has 9 heteroatoms. The topological polar surface area (TPSA) is 73.8 Å². The maximum Gasteiger partial charge on any atom is 0.250 e. The van der Waals surface area contributed by atoms with Crippen LogP contribution in [0.5, 0.6) is 0 Å². The van der Waals surface area contributed by atoms with E-state index in [1.807, 2.05) is 6.07 Å². The Morgan fingerprint density at radius 2 is 2.00 bits per heavy atom. The van der Waals surface area contributed by atoms with Gasteiger partial charge in [0.15, 0.2) is 5.96 Å². The number of guanidine groups is 1. The van der Waals surface area contributed by atoms with Crippen molar-refractivity contribution in [1.29, 1.82) is 0 Å². The molecule has 1 aliphatic rings. The van der Waals surface area contributed by atoms with E-state index in [-0.39, 0.29) is 24.0 Å². The highest BCUT2D eigenvalue weighted by Crippen LogP contribution is 2.26. The molecule has 0 bridgehead atoms. The van der Waals surface area contributed by atoms with Gasteiger partial charge in [-0.05, 0) is 23.4 Å². The molecule has 1 fully saturated rings. The third-order valence-electron chi connectivity index (χ3n) is 4.43. The summed E-state index contributed by atoms with van der Waals surface area (Å²) in [5.74, 6) is 1.32. The molecule has 1 aromatic heterocycles. The molecule has 0 saturated carbocycles. The van der Waals surface area contributed by atoms with Crippen molar-refractivity contribution in [3.8, 4) is 0 Å². The normalized spacial score (nSPS) is 17.6. The molecule has 2 heterocycles. The van der Waals surface area contributed by atoms with Crippen LogP contribution >= 0.6 is 35.3 Å². The van der Waals surface area contributed by atoms with Crippen molar-refractivity contribution in [1.82, 2.24) is 14.9 Å². The first kappa shape index (κ1) is 22.1. The molecule has 0 amide bonds. The minimum atomic E-state index is -3.41. The van der Waals surface area contributed by atoms with Crippen LogP contribution in [0, 0.1) is 0 Å². The van der Waals surface area contributed by atoms with Crippen LogP contribution in [-0.4, -0.2) is 52.5 Å². The maximum atomic E-state index is 12.1. The van der Waals surface area contributed by atoms with Crippen LogP contribution in [0.1, 0.15) is 17.9 Å². The van der Waals surface area contributed by atoms with Crippen molar-refractivity contribution in [3.05, 3.63) is 53.4 Å². The van der Waals surface area contributed by atoms with Gasteiger partial charge in [0.1, 0.15) is 4.21 Å². The first-order valence-corrected chi connectivity index (χ1v) is 11.0. The van der Waals surface area contributed by atoms with Gasteiger partial charge in [0, 0.05) is 39.1 Å². The van der Waals surface area contributed by atoms with Gasteiger partial charge in [-0.3, -0.25) is 4.99 Å². The number of halogens is 1. The number of aliphatic imine (C=N–C) groups is 1. The Labute approximate surface area is 182 Å². The summed E-state index contributed by atoms with van der Waals surface area (Å²) in [4.78, 5) is 6.57. The second kappa shape index (κ2) is 10.4. The molecule has 1 aliphatic heterocycles. The van der Waals surface area contributed by atoms with Crippen molar-refractivity contribution in [3.63, 3.8) is 0 Å². The molecule has 0 radical (unpaired) electrons. The molecule has 1 unspecified atom stereocenters. The molecular weight excluding hydrogens is 495 g/mol. The lowest BCUT2D eigenvalue weighted by Gasteiger charge is -2.22. The molecule has 3 rings (SSSR count). The van der Waals surface area contributed by atoms with E-state index in [2.05, 4.69) is 44.2 Å². The summed E-state index contributed by atoms with van der Waals surface area (Å²) in [6, 6.07) is 13.9. The van der Waals surface area contributed by atoms with E-state index < -0.39 is 10.0 Å². The van der Waals surface area contributed by atoms with Crippen LogP contribution in [0.3, 0.4) is 0 Å². The molecule has 6 nitrogen and oxygen atoms in total. The average Bonchev–Trinajstić information content (AvgIpc) is 3.35. The Hall–Kier alpha value is -1.17. The Kier molecular flexibility index (Phi) is 8.52. The summed E-state index contributed by atoms with van der Waals surface area (Å²) < 4.78 is 27.1. The van der Waals surface area contributed by atoms with Gasteiger partial charge in [0.25, 0.3) is 0 Å². The zero-order valence-electron chi connectivity index (χ0n) is 15.2. The van der Waals surface area contributed by atoms with Gasteiger partial charge in [-0.2, -0.15) is 0 Å². The predicted molar refractivity (Wildman–Crippen MR) is 122 cm³/mol. The number of likely N-dealkylation sites (tertiary alicyclic amines) is 1. The number of benzene rings is 1. The molecule has 2 N–H and O–H groups in total. The summed E-state index contributed by atoms with van der Waals surface area (Å²) in [5, 5.41) is 5.01. The number of rotatable bonds is 6. The molecule has 1 atom stereocenters. The molecule has 148 valence electrons. The van der Waals surface area contributed by atoms with E-state index >= 15 is 0 Å². The quantitative estimate of drug-likeness (QED) is 0.266. The van der Waals surface area contributed by atoms with E-state index in [4.69, 9.17) is 0 Å². The fraction of sp³-hybridized carbons (Fsp3) is 0.389. The smallest absolute Gasteiger partial charge is 0.250 e. The first-order chi connectivity index (χ1) is 12.6. The number of sulfonamides is 1. The van der Waals surface area contributed by atoms with E-state index in [1.54, 1.807) is 24.6 Å². The molecule has 0 spiro atoms. The fourth-order valence-corrected chi connectivity index (χ4v) is 5.20. The van der Waals surface area contributed by atoms with Crippen LogP contribution in [0.25, 0.3) is 0 Å². The lowest BCUT2D eigenvalue weighted by molar-refractivity contribution is 0.486. The zero-order valence-corrected chi connectivity index (χ0v) is 19.1. The van der Waals surface area contributed by atoms with E-state index in [0.29, 0.717) is 23.2 Å². The molecule has 27 heavy (non-hydrogen) atoms. The van der Waals surface area contributed by atoms with Crippen LogP contribution < -0.4 is 10.0 Å². The van der Waals surface area contributed by atoms with Crippen LogP contribution in [0.15, 0.2) is 57.0 Å². The second-order valence-electron chi connectivity index (χ2n) is 6.15. The number of hydrogen-bond acceptors (Lipinski definition) is 4. The van der Waals surface area contributed by atoms with Crippen LogP contribution in [0.2, 0.25) is 0 Å².